The third kappa shape index (κ3) is 5.21. The van der Waals surface area contributed by atoms with Gasteiger partial charge >= 0.3 is 12.6 Å². The number of Topliss-reactive ketones (excluding diaryl/α,β-unsaturated/α-hetero) is 1. The first-order valence-electron chi connectivity index (χ1n) is 7.30. The summed E-state index contributed by atoms with van der Waals surface area (Å²) in [5.41, 5.74) is 5.65. The number of nitrogen functional groups attached to an aromatic ring is 1. The highest BCUT2D eigenvalue weighted by atomic mass is 35.5. The normalized spacial score (nSPS) is 10.6. The molecule has 144 valence electrons. The molecule has 0 aliphatic rings. The van der Waals surface area contributed by atoms with Crippen molar-refractivity contribution in [3.05, 3.63) is 51.5 Å². The van der Waals surface area contributed by atoms with E-state index in [0.29, 0.717) is 0 Å². The third-order valence-corrected chi connectivity index (χ3v) is 3.88. The van der Waals surface area contributed by atoms with Crippen LogP contribution in [0.2, 0.25) is 10.0 Å². The maximum absolute atomic E-state index is 12.3. The van der Waals surface area contributed by atoms with Crippen molar-refractivity contribution >= 4 is 40.6 Å². The molecule has 10 heteroatoms. The van der Waals surface area contributed by atoms with Gasteiger partial charge in [0.2, 0.25) is 0 Å². The smallest absolute Gasteiger partial charge is 0.387 e. The van der Waals surface area contributed by atoms with Crippen LogP contribution in [0.3, 0.4) is 0 Å². The van der Waals surface area contributed by atoms with Crippen LogP contribution in [0.5, 0.6) is 11.5 Å². The molecular weight excluding hydrogens is 407 g/mol. The van der Waals surface area contributed by atoms with Crippen LogP contribution in [0.25, 0.3) is 0 Å². The Kier molecular flexibility index (Phi) is 6.81. The minimum Gasteiger partial charge on any atom is -0.493 e. The van der Waals surface area contributed by atoms with E-state index in [1.807, 2.05) is 0 Å². The number of ketones is 1. The van der Waals surface area contributed by atoms with Gasteiger partial charge in [0.25, 0.3) is 0 Å². The number of methoxy groups -OCH3 is 1. The summed E-state index contributed by atoms with van der Waals surface area (Å²) in [5, 5.41) is 0.243. The van der Waals surface area contributed by atoms with Crippen molar-refractivity contribution in [2.75, 3.05) is 19.5 Å². The molecule has 0 aliphatic carbocycles. The van der Waals surface area contributed by atoms with E-state index < -0.39 is 25.0 Å². The Balaban J connectivity index is 2.10. The zero-order valence-electron chi connectivity index (χ0n) is 13.8. The summed E-state index contributed by atoms with van der Waals surface area (Å²) in [6, 6.07) is 6.19. The van der Waals surface area contributed by atoms with E-state index >= 15 is 0 Å². The molecule has 0 spiro atoms. The highest BCUT2D eigenvalue weighted by molar-refractivity contribution is 6.37. The lowest BCUT2D eigenvalue weighted by molar-refractivity contribution is -0.0512. The molecule has 2 N–H and O–H groups in total. The quantitative estimate of drug-likeness (QED) is 0.410. The predicted molar refractivity (Wildman–Crippen MR) is 95.1 cm³/mol. The standard InChI is InChI=1S/C17H13Cl2F2NO5/c1-25-14-4-8(2-3-13(14)27-17(20)21)12(23)7-26-16(24)10-5-9(18)6-11(19)15(10)22/h2-6,17H,7,22H2,1H3. The van der Waals surface area contributed by atoms with Crippen LogP contribution < -0.4 is 15.2 Å². The number of hydrogen-bond donors (Lipinski definition) is 1. The van der Waals surface area contributed by atoms with E-state index in [0.717, 1.165) is 6.07 Å². The largest absolute Gasteiger partial charge is 0.493 e. The van der Waals surface area contributed by atoms with Crippen molar-refractivity contribution in [2.45, 2.75) is 6.61 Å². The van der Waals surface area contributed by atoms with Crippen LogP contribution in [0.15, 0.2) is 30.3 Å². The first-order valence-corrected chi connectivity index (χ1v) is 8.06. The first-order chi connectivity index (χ1) is 12.7. The zero-order valence-corrected chi connectivity index (χ0v) is 15.3. The number of anilines is 1. The molecule has 0 aromatic heterocycles. The van der Waals surface area contributed by atoms with Gasteiger partial charge in [-0.2, -0.15) is 8.78 Å². The van der Waals surface area contributed by atoms with Crippen molar-refractivity contribution in [2.24, 2.45) is 0 Å². The van der Waals surface area contributed by atoms with Gasteiger partial charge in [-0.3, -0.25) is 4.79 Å². The fraction of sp³-hybridized carbons (Fsp3) is 0.176. The number of benzene rings is 2. The molecule has 27 heavy (non-hydrogen) atoms. The van der Waals surface area contributed by atoms with Gasteiger partial charge in [-0.1, -0.05) is 23.2 Å². The van der Waals surface area contributed by atoms with Gasteiger partial charge in [-0.05, 0) is 30.3 Å². The molecule has 6 nitrogen and oxygen atoms in total. The Morgan fingerprint density at radius 3 is 2.48 bits per heavy atom. The Morgan fingerprint density at radius 1 is 1.15 bits per heavy atom. The van der Waals surface area contributed by atoms with Gasteiger partial charge in [0, 0.05) is 10.6 Å². The molecule has 0 amide bonds. The van der Waals surface area contributed by atoms with Crippen LogP contribution in [0, 0.1) is 0 Å². The van der Waals surface area contributed by atoms with Crippen LogP contribution in [-0.2, 0) is 4.74 Å². The van der Waals surface area contributed by atoms with Crippen molar-refractivity contribution in [3.8, 4) is 11.5 Å². The number of nitrogens with two attached hydrogens (primary N) is 1. The fourth-order valence-electron chi connectivity index (χ4n) is 2.08. The number of ether oxygens (including phenoxy) is 3. The van der Waals surface area contributed by atoms with Gasteiger partial charge in [0.1, 0.15) is 0 Å². The summed E-state index contributed by atoms with van der Waals surface area (Å²) in [5.74, 6) is -1.80. The predicted octanol–water partition coefficient (Wildman–Crippen LogP) is 4.23. The summed E-state index contributed by atoms with van der Waals surface area (Å²) >= 11 is 11.7. The van der Waals surface area contributed by atoms with E-state index in [1.165, 1.54) is 31.4 Å². The number of hydrogen-bond acceptors (Lipinski definition) is 6. The summed E-state index contributed by atoms with van der Waals surface area (Å²) in [6.45, 7) is -3.67. The second kappa shape index (κ2) is 8.88. The minimum atomic E-state index is -3.05. The minimum absolute atomic E-state index is 0.0336. The Bertz CT molecular complexity index is 877. The van der Waals surface area contributed by atoms with Crippen molar-refractivity contribution in [3.63, 3.8) is 0 Å². The molecule has 0 aliphatic heterocycles. The average Bonchev–Trinajstić information content (AvgIpc) is 2.62. The van der Waals surface area contributed by atoms with Gasteiger partial charge in [-0.15, -0.1) is 0 Å². The summed E-state index contributed by atoms with van der Waals surface area (Å²) in [7, 11) is 1.23. The molecule has 2 aromatic carbocycles. The Labute approximate surface area is 162 Å². The van der Waals surface area contributed by atoms with E-state index in [1.54, 1.807) is 0 Å². The van der Waals surface area contributed by atoms with Crippen LogP contribution in [0.1, 0.15) is 20.7 Å². The van der Waals surface area contributed by atoms with Gasteiger partial charge < -0.3 is 19.9 Å². The number of rotatable bonds is 7. The number of carbonyl (C=O) groups excluding carboxylic acids is 2. The molecule has 0 heterocycles. The molecule has 0 radical (unpaired) electrons. The van der Waals surface area contributed by atoms with Gasteiger partial charge in [-0.25, -0.2) is 4.79 Å². The Hall–Kier alpha value is -2.58. The van der Waals surface area contributed by atoms with Crippen LogP contribution in [-0.4, -0.2) is 32.1 Å². The van der Waals surface area contributed by atoms with Crippen molar-refractivity contribution in [1.29, 1.82) is 0 Å². The second-order valence-electron chi connectivity index (χ2n) is 5.09. The molecule has 2 rings (SSSR count). The molecule has 0 atom stereocenters. The number of alkyl halides is 2. The summed E-state index contributed by atoms with van der Waals surface area (Å²) in [6.07, 6.45) is 0. The van der Waals surface area contributed by atoms with Crippen molar-refractivity contribution in [1.82, 2.24) is 0 Å². The molecule has 2 aromatic rings. The molecule has 0 saturated carbocycles. The molecule has 0 fully saturated rings. The lowest BCUT2D eigenvalue weighted by Crippen LogP contribution is -2.16. The SMILES string of the molecule is COc1cc(C(=O)COC(=O)c2cc(Cl)cc(Cl)c2N)ccc1OC(F)F. The van der Waals surface area contributed by atoms with E-state index in [4.69, 9.17) is 38.4 Å². The number of halogens is 4. The van der Waals surface area contributed by atoms with E-state index in [-0.39, 0.29) is 38.4 Å². The highest BCUT2D eigenvalue weighted by Crippen LogP contribution is 2.30. The summed E-state index contributed by atoms with van der Waals surface area (Å²) in [4.78, 5) is 24.3. The van der Waals surface area contributed by atoms with E-state index in [2.05, 4.69) is 4.74 Å². The number of carbonyl (C=O) groups is 2. The topological polar surface area (TPSA) is 87.9 Å². The van der Waals surface area contributed by atoms with E-state index in [9.17, 15) is 18.4 Å². The third-order valence-electron chi connectivity index (χ3n) is 3.35. The maximum atomic E-state index is 12.3. The number of esters is 1. The first kappa shape index (κ1) is 20.7. The fourth-order valence-corrected chi connectivity index (χ4v) is 2.57. The molecule has 0 bridgehead atoms. The molecule has 0 saturated heterocycles. The molecule has 0 unspecified atom stereocenters. The van der Waals surface area contributed by atoms with Gasteiger partial charge in [0.05, 0.1) is 23.4 Å². The monoisotopic (exact) mass is 419 g/mol. The van der Waals surface area contributed by atoms with Crippen molar-refractivity contribution < 1.29 is 32.6 Å². The summed E-state index contributed by atoms with van der Waals surface area (Å²) < 4.78 is 38.8. The average molecular weight is 420 g/mol. The van der Waals surface area contributed by atoms with Crippen LogP contribution >= 0.6 is 23.2 Å². The molecular formula is C17H13Cl2F2NO5. The second-order valence-corrected chi connectivity index (χ2v) is 5.94. The lowest BCUT2D eigenvalue weighted by atomic mass is 10.1. The highest BCUT2D eigenvalue weighted by Gasteiger charge is 2.18. The zero-order chi connectivity index (χ0) is 20.1. The van der Waals surface area contributed by atoms with Crippen LogP contribution in [0.4, 0.5) is 14.5 Å². The Morgan fingerprint density at radius 2 is 1.85 bits per heavy atom. The lowest BCUT2D eigenvalue weighted by Gasteiger charge is -2.11. The maximum Gasteiger partial charge on any atom is 0.387 e. The van der Waals surface area contributed by atoms with Gasteiger partial charge in [0.15, 0.2) is 23.9 Å².